The lowest BCUT2D eigenvalue weighted by atomic mass is 9.87. The Labute approximate surface area is 167 Å². The zero-order valence-electron chi connectivity index (χ0n) is 16.7. The van der Waals surface area contributed by atoms with E-state index in [9.17, 15) is 4.79 Å². The Hall–Kier alpha value is -3.07. The number of carbonyl (C=O) groups is 1. The molecule has 0 aromatic heterocycles. The molecule has 3 rings (SSSR count). The summed E-state index contributed by atoms with van der Waals surface area (Å²) in [6.45, 7) is 7.07. The Kier molecular flexibility index (Phi) is 6.15. The van der Waals surface area contributed by atoms with E-state index in [1.807, 2.05) is 66.7 Å². The zero-order valence-corrected chi connectivity index (χ0v) is 16.7. The van der Waals surface area contributed by atoms with E-state index < -0.39 is 0 Å². The second-order valence-corrected chi connectivity index (χ2v) is 7.89. The van der Waals surface area contributed by atoms with Gasteiger partial charge >= 0.3 is 0 Å². The summed E-state index contributed by atoms with van der Waals surface area (Å²) >= 11 is 0. The van der Waals surface area contributed by atoms with Gasteiger partial charge in [-0.3, -0.25) is 4.79 Å². The molecule has 0 heterocycles. The number of benzene rings is 3. The van der Waals surface area contributed by atoms with Crippen molar-refractivity contribution in [1.29, 1.82) is 0 Å². The molecule has 0 aliphatic carbocycles. The SMILES string of the molecule is CC(C)(C)c1ccc(C(=O)Nc2cccc(OCCc3ccccc3)c2)cc1. The molecule has 0 radical (unpaired) electrons. The van der Waals surface area contributed by atoms with Gasteiger partial charge in [-0.15, -0.1) is 0 Å². The third-order valence-corrected chi connectivity index (χ3v) is 4.61. The van der Waals surface area contributed by atoms with Crippen molar-refractivity contribution in [2.24, 2.45) is 0 Å². The number of hydrogen-bond donors (Lipinski definition) is 1. The molecule has 3 aromatic rings. The minimum Gasteiger partial charge on any atom is -0.493 e. The molecular weight excluding hydrogens is 346 g/mol. The fraction of sp³-hybridized carbons (Fsp3) is 0.240. The van der Waals surface area contributed by atoms with Gasteiger partial charge in [0.15, 0.2) is 0 Å². The Bertz CT molecular complexity index is 909. The molecule has 3 aromatic carbocycles. The van der Waals surface area contributed by atoms with Crippen LogP contribution in [0.4, 0.5) is 5.69 Å². The lowest BCUT2D eigenvalue weighted by Gasteiger charge is -2.19. The van der Waals surface area contributed by atoms with Gasteiger partial charge in [0.05, 0.1) is 6.61 Å². The molecule has 0 saturated heterocycles. The van der Waals surface area contributed by atoms with Crippen LogP contribution >= 0.6 is 0 Å². The van der Waals surface area contributed by atoms with Crippen LogP contribution < -0.4 is 10.1 Å². The fourth-order valence-electron chi connectivity index (χ4n) is 2.92. The molecule has 3 nitrogen and oxygen atoms in total. The number of ether oxygens (including phenoxy) is 1. The molecule has 0 saturated carbocycles. The molecule has 0 aliphatic rings. The molecule has 0 atom stereocenters. The summed E-state index contributed by atoms with van der Waals surface area (Å²) in [4.78, 5) is 12.5. The third kappa shape index (κ3) is 5.46. The molecule has 0 bridgehead atoms. The fourth-order valence-corrected chi connectivity index (χ4v) is 2.92. The molecule has 0 fully saturated rings. The van der Waals surface area contributed by atoms with E-state index in [-0.39, 0.29) is 11.3 Å². The molecule has 1 amide bonds. The van der Waals surface area contributed by atoms with Gasteiger partial charge in [-0.25, -0.2) is 0 Å². The van der Waals surface area contributed by atoms with Crippen LogP contribution in [0.5, 0.6) is 5.75 Å². The van der Waals surface area contributed by atoms with Crippen LogP contribution in [-0.2, 0) is 11.8 Å². The van der Waals surface area contributed by atoms with E-state index in [0.29, 0.717) is 12.2 Å². The monoisotopic (exact) mass is 373 g/mol. The summed E-state index contributed by atoms with van der Waals surface area (Å²) < 4.78 is 5.84. The summed E-state index contributed by atoms with van der Waals surface area (Å²) in [6.07, 6.45) is 0.845. The van der Waals surface area contributed by atoms with E-state index >= 15 is 0 Å². The summed E-state index contributed by atoms with van der Waals surface area (Å²) in [6, 6.07) is 25.5. The third-order valence-electron chi connectivity index (χ3n) is 4.61. The minimum absolute atomic E-state index is 0.0699. The van der Waals surface area contributed by atoms with Crippen molar-refractivity contribution in [3.05, 3.63) is 95.6 Å². The maximum Gasteiger partial charge on any atom is 0.255 e. The van der Waals surface area contributed by atoms with Crippen LogP contribution in [0.2, 0.25) is 0 Å². The summed E-state index contributed by atoms with van der Waals surface area (Å²) in [5.74, 6) is 0.624. The van der Waals surface area contributed by atoms with Crippen molar-refractivity contribution in [1.82, 2.24) is 0 Å². The number of anilines is 1. The first kappa shape index (κ1) is 19.7. The smallest absolute Gasteiger partial charge is 0.255 e. The van der Waals surface area contributed by atoms with Gasteiger partial charge in [-0.05, 0) is 40.8 Å². The molecular formula is C25H27NO2. The standard InChI is InChI=1S/C25H27NO2/c1-25(2,3)21-14-12-20(13-15-21)24(27)26-22-10-7-11-23(18-22)28-17-16-19-8-5-4-6-9-19/h4-15,18H,16-17H2,1-3H3,(H,26,27). The average molecular weight is 373 g/mol. The Morgan fingerprint density at radius 3 is 2.29 bits per heavy atom. The van der Waals surface area contributed by atoms with Crippen molar-refractivity contribution < 1.29 is 9.53 Å². The van der Waals surface area contributed by atoms with Crippen LogP contribution in [0.3, 0.4) is 0 Å². The van der Waals surface area contributed by atoms with Crippen LogP contribution in [0.25, 0.3) is 0 Å². The second kappa shape index (κ2) is 8.75. The van der Waals surface area contributed by atoms with Gasteiger partial charge < -0.3 is 10.1 Å². The number of hydrogen-bond acceptors (Lipinski definition) is 2. The van der Waals surface area contributed by atoms with Gasteiger partial charge in [-0.1, -0.05) is 69.3 Å². The maximum absolute atomic E-state index is 12.5. The Morgan fingerprint density at radius 1 is 0.893 bits per heavy atom. The van der Waals surface area contributed by atoms with Crippen LogP contribution in [0.1, 0.15) is 42.3 Å². The van der Waals surface area contributed by atoms with E-state index in [4.69, 9.17) is 4.74 Å². The topological polar surface area (TPSA) is 38.3 Å². The van der Waals surface area contributed by atoms with E-state index in [2.05, 4.69) is 38.2 Å². The zero-order chi connectivity index (χ0) is 20.0. The first-order valence-corrected chi connectivity index (χ1v) is 9.60. The summed E-state index contributed by atoms with van der Waals surface area (Å²) in [7, 11) is 0. The molecule has 0 unspecified atom stereocenters. The van der Waals surface area contributed by atoms with Crippen molar-refractivity contribution in [3.63, 3.8) is 0 Å². The molecule has 3 heteroatoms. The first-order valence-electron chi connectivity index (χ1n) is 9.60. The number of rotatable bonds is 6. The predicted octanol–water partition coefficient (Wildman–Crippen LogP) is 5.86. The molecule has 0 aliphatic heterocycles. The van der Waals surface area contributed by atoms with Crippen molar-refractivity contribution in [2.45, 2.75) is 32.6 Å². The van der Waals surface area contributed by atoms with Gasteiger partial charge in [0.25, 0.3) is 5.91 Å². The highest BCUT2D eigenvalue weighted by molar-refractivity contribution is 6.04. The van der Waals surface area contributed by atoms with E-state index in [1.54, 1.807) is 0 Å². The van der Waals surface area contributed by atoms with Crippen LogP contribution in [0, 0.1) is 0 Å². The van der Waals surface area contributed by atoms with Crippen molar-refractivity contribution >= 4 is 11.6 Å². The summed E-state index contributed by atoms with van der Waals surface area (Å²) in [5.41, 5.74) is 3.88. The normalized spacial score (nSPS) is 11.1. The second-order valence-electron chi connectivity index (χ2n) is 7.89. The molecule has 1 N–H and O–H groups in total. The highest BCUT2D eigenvalue weighted by atomic mass is 16.5. The van der Waals surface area contributed by atoms with Gasteiger partial charge in [0.2, 0.25) is 0 Å². The highest BCUT2D eigenvalue weighted by Gasteiger charge is 2.14. The molecule has 144 valence electrons. The van der Waals surface area contributed by atoms with Gasteiger partial charge in [-0.2, -0.15) is 0 Å². The summed E-state index contributed by atoms with van der Waals surface area (Å²) in [5, 5.41) is 2.95. The Balaban J connectivity index is 1.58. The number of carbonyl (C=O) groups excluding carboxylic acids is 1. The van der Waals surface area contributed by atoms with E-state index in [0.717, 1.165) is 17.9 Å². The van der Waals surface area contributed by atoms with Crippen molar-refractivity contribution in [2.75, 3.05) is 11.9 Å². The quantitative estimate of drug-likeness (QED) is 0.588. The van der Waals surface area contributed by atoms with Crippen LogP contribution in [0.15, 0.2) is 78.9 Å². The predicted molar refractivity (Wildman–Crippen MR) is 115 cm³/mol. The van der Waals surface area contributed by atoms with Gasteiger partial charge in [0, 0.05) is 23.7 Å². The first-order chi connectivity index (χ1) is 13.4. The minimum atomic E-state index is -0.123. The maximum atomic E-state index is 12.5. The average Bonchev–Trinajstić information content (AvgIpc) is 2.68. The Morgan fingerprint density at radius 2 is 1.61 bits per heavy atom. The molecule has 0 spiro atoms. The lowest BCUT2D eigenvalue weighted by Crippen LogP contribution is -2.14. The molecule has 28 heavy (non-hydrogen) atoms. The highest BCUT2D eigenvalue weighted by Crippen LogP contribution is 2.23. The van der Waals surface area contributed by atoms with Crippen LogP contribution in [-0.4, -0.2) is 12.5 Å². The largest absolute Gasteiger partial charge is 0.493 e. The van der Waals surface area contributed by atoms with E-state index in [1.165, 1.54) is 11.1 Å². The lowest BCUT2D eigenvalue weighted by molar-refractivity contribution is 0.102. The van der Waals surface area contributed by atoms with Crippen molar-refractivity contribution in [3.8, 4) is 5.75 Å². The number of amides is 1. The van der Waals surface area contributed by atoms with Gasteiger partial charge in [0.1, 0.15) is 5.75 Å². The number of nitrogens with one attached hydrogen (secondary N) is 1.